The Bertz CT molecular complexity index is 1140. The number of para-hydroxylation sites is 1. The van der Waals surface area contributed by atoms with Gasteiger partial charge in [0.2, 0.25) is 0 Å². The number of H-pyrrole nitrogens is 1. The molecule has 18 heteroatoms. The maximum absolute atomic E-state index is 14.0. The van der Waals surface area contributed by atoms with Crippen LogP contribution in [0.3, 0.4) is 0 Å². The van der Waals surface area contributed by atoms with E-state index >= 15 is 0 Å². The molecule has 3 N–H and O–H groups in total. The van der Waals surface area contributed by atoms with Gasteiger partial charge < -0.3 is 15.4 Å². The minimum atomic E-state index is -8.18. The molecule has 5 nitrogen and oxygen atoms in total. The van der Waals surface area contributed by atoms with E-state index in [2.05, 4.69) is 4.98 Å². The second kappa shape index (κ2) is 8.72. The summed E-state index contributed by atoms with van der Waals surface area (Å²) in [6, 6.07) is 3.13. The van der Waals surface area contributed by atoms with Crippen LogP contribution in [0.2, 0.25) is 0 Å². The van der Waals surface area contributed by atoms with Gasteiger partial charge in [0, 0.05) is 23.5 Å². The zero-order chi connectivity index (χ0) is 28.1. The van der Waals surface area contributed by atoms with Crippen molar-refractivity contribution in [1.29, 1.82) is 0 Å². The topological polar surface area (TPSA) is 82.2 Å². The van der Waals surface area contributed by atoms with Gasteiger partial charge in [-0.1, -0.05) is 18.2 Å². The number of carbonyl (C=O) groups is 2. The summed E-state index contributed by atoms with van der Waals surface area (Å²) in [6.45, 7) is 0. The Balaban J connectivity index is 2.40. The van der Waals surface area contributed by atoms with E-state index in [4.69, 9.17) is 5.11 Å². The van der Waals surface area contributed by atoms with E-state index in [1.165, 1.54) is 24.3 Å². The van der Waals surface area contributed by atoms with E-state index in [9.17, 15) is 66.7 Å². The highest BCUT2D eigenvalue weighted by Gasteiger charge is 2.91. The number of halogens is 13. The Morgan fingerprint density at radius 1 is 0.806 bits per heavy atom. The molecule has 1 heterocycles. The lowest BCUT2D eigenvalue weighted by atomic mass is 9.93. The molecular weight excluding hydrogens is 539 g/mol. The molecular formula is C18H11F13N2O3. The molecule has 36 heavy (non-hydrogen) atoms. The van der Waals surface area contributed by atoms with Crippen LogP contribution in [0.5, 0.6) is 0 Å². The summed E-state index contributed by atoms with van der Waals surface area (Å²) < 4.78 is 171. The number of benzene rings is 1. The van der Waals surface area contributed by atoms with Crippen LogP contribution in [-0.2, 0) is 16.0 Å². The largest absolute Gasteiger partial charge is 0.480 e. The molecule has 0 aliphatic carbocycles. The van der Waals surface area contributed by atoms with E-state index in [1.807, 2.05) is 0 Å². The summed E-state index contributed by atoms with van der Waals surface area (Å²) in [5.41, 5.74) is 0.294. The van der Waals surface area contributed by atoms with E-state index in [0.717, 1.165) is 6.20 Å². The molecule has 202 valence electrons. The van der Waals surface area contributed by atoms with Crippen molar-refractivity contribution in [2.24, 2.45) is 0 Å². The van der Waals surface area contributed by atoms with Crippen molar-refractivity contribution in [3.63, 3.8) is 0 Å². The number of carboxylic acids is 1. The number of nitrogens with one attached hydrogen (secondary N) is 2. The lowest BCUT2D eigenvalue weighted by Crippen LogP contribution is -2.72. The molecule has 0 bridgehead atoms. The zero-order valence-corrected chi connectivity index (χ0v) is 16.8. The fraction of sp³-hybridized carbons (Fsp3) is 0.444. The number of aromatic amines is 1. The smallest absolute Gasteiger partial charge is 0.460 e. The van der Waals surface area contributed by atoms with E-state index in [0.29, 0.717) is 10.8 Å². The van der Waals surface area contributed by atoms with E-state index < -0.39 is 60.1 Å². The van der Waals surface area contributed by atoms with Crippen molar-refractivity contribution >= 4 is 22.8 Å². The monoisotopic (exact) mass is 550 g/mol. The van der Waals surface area contributed by atoms with Crippen molar-refractivity contribution in [1.82, 2.24) is 10.3 Å². The zero-order valence-electron chi connectivity index (χ0n) is 16.8. The van der Waals surface area contributed by atoms with Crippen LogP contribution in [0.25, 0.3) is 10.9 Å². The Kier molecular flexibility index (Phi) is 7.03. The minimum Gasteiger partial charge on any atom is -0.480 e. The fourth-order valence-corrected chi connectivity index (χ4v) is 2.88. The molecule has 0 radical (unpaired) electrons. The highest BCUT2D eigenvalue weighted by molar-refractivity contribution is 5.90. The number of carbonyl (C=O) groups excluding carboxylic acids is 1. The molecule has 2 aromatic rings. The number of fused-ring (bicyclic) bond motifs is 1. The van der Waals surface area contributed by atoms with Gasteiger partial charge in [-0.3, -0.25) is 4.79 Å². The third kappa shape index (κ3) is 4.29. The summed E-state index contributed by atoms with van der Waals surface area (Å²) >= 11 is 0. The van der Waals surface area contributed by atoms with Gasteiger partial charge in [-0.2, -0.15) is 57.1 Å². The normalized spacial score (nSPS) is 15.1. The molecule has 0 saturated carbocycles. The van der Waals surface area contributed by atoms with Crippen molar-refractivity contribution in [3.8, 4) is 0 Å². The van der Waals surface area contributed by atoms with Crippen LogP contribution in [0.1, 0.15) is 5.56 Å². The number of alkyl halides is 13. The number of hydrogen-bond donors (Lipinski definition) is 3. The summed E-state index contributed by atoms with van der Waals surface area (Å²) in [4.78, 5) is 25.5. The maximum atomic E-state index is 14.0. The average molecular weight is 550 g/mol. The number of amides is 1. The standard InChI is InChI=1S/C18H11F13N2O3/c19-13(20,14(21,22)15(23,24)16(25,26)17(27,28)18(29,30)31)12(36)33-10(11(34)35)5-7-6-32-9-4-2-1-3-8(7)9/h1-4,6,10,32H,5H2,(H,33,36)(H,34,35)/t10-/m0/s1. The first-order chi connectivity index (χ1) is 16.0. The number of hydrogen-bond acceptors (Lipinski definition) is 2. The third-order valence-corrected chi connectivity index (χ3v) is 4.92. The number of aromatic nitrogens is 1. The molecule has 0 unspecified atom stereocenters. The minimum absolute atomic E-state index is 0.0462. The van der Waals surface area contributed by atoms with Gasteiger partial charge in [0.05, 0.1) is 0 Å². The van der Waals surface area contributed by atoms with Gasteiger partial charge in [-0.05, 0) is 11.6 Å². The van der Waals surface area contributed by atoms with Crippen molar-refractivity contribution < 1.29 is 71.8 Å². The van der Waals surface area contributed by atoms with Gasteiger partial charge in [-0.25, -0.2) is 4.79 Å². The van der Waals surface area contributed by atoms with Crippen molar-refractivity contribution in [2.75, 3.05) is 0 Å². The third-order valence-electron chi connectivity index (χ3n) is 4.92. The maximum Gasteiger partial charge on any atom is 0.460 e. The molecule has 0 saturated heterocycles. The predicted molar refractivity (Wildman–Crippen MR) is 92.4 cm³/mol. The van der Waals surface area contributed by atoms with Crippen LogP contribution in [0.15, 0.2) is 30.5 Å². The molecule has 1 amide bonds. The summed E-state index contributed by atoms with van der Waals surface area (Å²) in [6.07, 6.45) is -7.47. The molecule has 1 atom stereocenters. The first kappa shape index (κ1) is 29.0. The van der Waals surface area contributed by atoms with Crippen LogP contribution in [0, 0.1) is 0 Å². The number of aliphatic carboxylic acids is 1. The van der Waals surface area contributed by atoms with Gasteiger partial charge in [0.15, 0.2) is 0 Å². The first-order valence-corrected chi connectivity index (χ1v) is 9.08. The molecule has 0 aliphatic rings. The molecule has 1 aromatic carbocycles. The highest BCUT2D eigenvalue weighted by atomic mass is 19.4. The average Bonchev–Trinajstić information content (AvgIpc) is 3.14. The Labute approximate surface area is 190 Å². The summed E-state index contributed by atoms with van der Waals surface area (Å²) in [5.74, 6) is -45.1. The fourth-order valence-electron chi connectivity index (χ4n) is 2.88. The van der Waals surface area contributed by atoms with Crippen LogP contribution in [-0.4, -0.2) is 63.8 Å². The van der Waals surface area contributed by atoms with Crippen molar-refractivity contribution in [2.45, 2.75) is 48.3 Å². The number of rotatable bonds is 9. The van der Waals surface area contributed by atoms with E-state index in [-0.39, 0.29) is 10.9 Å². The lowest BCUT2D eigenvalue weighted by molar-refractivity contribution is -0.436. The van der Waals surface area contributed by atoms with Crippen molar-refractivity contribution in [3.05, 3.63) is 36.0 Å². The van der Waals surface area contributed by atoms with Crippen LogP contribution < -0.4 is 5.32 Å². The Morgan fingerprint density at radius 3 is 1.81 bits per heavy atom. The molecule has 0 aliphatic heterocycles. The second-order valence-electron chi connectivity index (χ2n) is 7.30. The molecule has 0 fully saturated rings. The lowest BCUT2D eigenvalue weighted by Gasteiger charge is -2.39. The van der Waals surface area contributed by atoms with Crippen LogP contribution in [0.4, 0.5) is 57.1 Å². The van der Waals surface area contributed by atoms with Crippen LogP contribution >= 0.6 is 0 Å². The summed E-state index contributed by atoms with van der Waals surface area (Å²) in [5, 5.41) is 10.0. The van der Waals surface area contributed by atoms with E-state index in [1.54, 1.807) is 0 Å². The first-order valence-electron chi connectivity index (χ1n) is 9.08. The van der Waals surface area contributed by atoms with Gasteiger partial charge in [0.25, 0.3) is 5.91 Å². The predicted octanol–water partition coefficient (Wildman–Crippen LogP) is 5.02. The molecule has 0 spiro atoms. The van der Waals surface area contributed by atoms with Gasteiger partial charge in [-0.15, -0.1) is 0 Å². The van der Waals surface area contributed by atoms with Gasteiger partial charge in [0.1, 0.15) is 6.04 Å². The SMILES string of the molecule is O=C(O)[C@H](Cc1c[nH]c2ccccc12)NC(=O)C(F)(F)C(F)(F)C(F)(F)C(F)(F)C(F)(F)C(F)(F)F. The quantitative estimate of drug-likeness (QED) is 0.384. The Morgan fingerprint density at radius 2 is 1.31 bits per heavy atom. The van der Waals surface area contributed by atoms with Gasteiger partial charge >= 0.3 is 41.8 Å². The highest BCUT2D eigenvalue weighted by Crippen LogP contribution is 2.60. The number of carboxylic acid groups (broad SMARTS) is 1. The summed E-state index contributed by atoms with van der Waals surface area (Å²) in [7, 11) is 0. The molecule has 2 rings (SSSR count). The Hall–Kier alpha value is -3.21. The second-order valence-corrected chi connectivity index (χ2v) is 7.30. The molecule has 1 aromatic heterocycles.